The first kappa shape index (κ1) is 13.2. The maximum Gasteiger partial charge on any atom is 0.0303 e. The van der Waals surface area contributed by atoms with Crippen LogP contribution in [0.25, 0.3) is 16.7 Å². The fourth-order valence-electron chi connectivity index (χ4n) is 2.44. The molecule has 0 aliphatic rings. The highest BCUT2D eigenvalue weighted by molar-refractivity contribution is 5.80. The van der Waals surface area contributed by atoms with Gasteiger partial charge in [-0.15, -0.1) is 5.73 Å². The highest BCUT2D eigenvalue weighted by Crippen LogP contribution is 2.25. The SMILES string of the molecule is C=C=C(c1ccccc1)c1ccc(-c2ccccc2)cc1. The lowest BCUT2D eigenvalue weighted by atomic mass is 9.96. The van der Waals surface area contributed by atoms with Crippen LogP contribution in [0.5, 0.6) is 0 Å². The molecule has 21 heavy (non-hydrogen) atoms. The van der Waals surface area contributed by atoms with E-state index < -0.39 is 0 Å². The van der Waals surface area contributed by atoms with Gasteiger partial charge in [0.15, 0.2) is 0 Å². The fraction of sp³-hybridized carbons (Fsp3) is 0. The molecule has 0 aliphatic heterocycles. The first-order chi connectivity index (χ1) is 10.4. The molecule has 0 fully saturated rings. The zero-order valence-electron chi connectivity index (χ0n) is 11.8. The van der Waals surface area contributed by atoms with Crippen molar-refractivity contribution in [3.8, 4) is 11.1 Å². The van der Waals surface area contributed by atoms with Gasteiger partial charge in [-0.25, -0.2) is 0 Å². The minimum absolute atomic E-state index is 1.04. The summed E-state index contributed by atoms with van der Waals surface area (Å²) in [7, 11) is 0. The Balaban J connectivity index is 1.96. The third-order valence-electron chi connectivity index (χ3n) is 3.52. The van der Waals surface area contributed by atoms with E-state index in [1.807, 2.05) is 24.3 Å². The second-order valence-electron chi connectivity index (χ2n) is 4.86. The van der Waals surface area contributed by atoms with Crippen LogP contribution in [0.3, 0.4) is 0 Å². The van der Waals surface area contributed by atoms with Gasteiger partial charge in [0.2, 0.25) is 0 Å². The quantitative estimate of drug-likeness (QED) is 0.545. The van der Waals surface area contributed by atoms with Crippen LogP contribution >= 0.6 is 0 Å². The Morgan fingerprint density at radius 2 is 1.05 bits per heavy atom. The van der Waals surface area contributed by atoms with Gasteiger partial charge in [0.25, 0.3) is 0 Å². The van der Waals surface area contributed by atoms with E-state index >= 15 is 0 Å². The molecule has 0 nitrogen and oxygen atoms in total. The average molecular weight is 268 g/mol. The first-order valence-electron chi connectivity index (χ1n) is 7.00. The first-order valence-corrected chi connectivity index (χ1v) is 7.00. The molecular formula is C21H16. The molecule has 0 N–H and O–H groups in total. The van der Waals surface area contributed by atoms with Gasteiger partial charge in [0, 0.05) is 5.57 Å². The van der Waals surface area contributed by atoms with Gasteiger partial charge in [0.05, 0.1) is 0 Å². The monoisotopic (exact) mass is 268 g/mol. The summed E-state index contributed by atoms with van der Waals surface area (Å²) >= 11 is 0. The molecule has 0 heteroatoms. The molecule has 0 heterocycles. The van der Waals surface area contributed by atoms with Crippen molar-refractivity contribution in [2.75, 3.05) is 0 Å². The largest absolute Gasteiger partial charge is 0.119 e. The van der Waals surface area contributed by atoms with Crippen LogP contribution in [0.2, 0.25) is 0 Å². The lowest BCUT2D eigenvalue weighted by Gasteiger charge is -2.07. The molecule has 0 unspecified atom stereocenters. The normalized spacial score (nSPS) is 9.90. The van der Waals surface area contributed by atoms with Crippen LogP contribution in [0.15, 0.2) is 97.2 Å². The summed E-state index contributed by atoms with van der Waals surface area (Å²) in [6.45, 7) is 3.83. The smallest absolute Gasteiger partial charge is 0.0303 e. The Bertz CT molecular complexity index is 759. The minimum Gasteiger partial charge on any atom is -0.119 e. The topological polar surface area (TPSA) is 0 Å². The number of rotatable bonds is 3. The van der Waals surface area contributed by atoms with Crippen LogP contribution in [0.4, 0.5) is 0 Å². The van der Waals surface area contributed by atoms with E-state index in [9.17, 15) is 0 Å². The molecular weight excluding hydrogens is 252 g/mol. The van der Waals surface area contributed by atoms with E-state index in [0.717, 1.165) is 16.7 Å². The molecule has 0 aromatic heterocycles. The van der Waals surface area contributed by atoms with Crippen molar-refractivity contribution in [3.05, 3.63) is 108 Å². The molecule has 0 aliphatic carbocycles. The molecule has 3 aromatic rings. The highest BCUT2D eigenvalue weighted by atomic mass is 14.1. The van der Waals surface area contributed by atoms with Gasteiger partial charge in [-0.3, -0.25) is 0 Å². The predicted molar refractivity (Wildman–Crippen MR) is 90.0 cm³/mol. The van der Waals surface area contributed by atoms with Crippen LogP contribution in [-0.4, -0.2) is 0 Å². The predicted octanol–water partition coefficient (Wildman–Crippen LogP) is 5.57. The standard InChI is InChI=1S/C21H16/c1-2-21(19-11-7-4-8-12-19)20-15-13-18(14-16-20)17-9-5-3-6-10-17/h3-16H,1H2. The second-order valence-corrected chi connectivity index (χ2v) is 4.86. The van der Waals surface area contributed by atoms with Crippen molar-refractivity contribution in [2.24, 2.45) is 0 Å². The zero-order chi connectivity index (χ0) is 14.5. The van der Waals surface area contributed by atoms with Gasteiger partial charge in [0.1, 0.15) is 0 Å². The van der Waals surface area contributed by atoms with E-state index in [0.29, 0.717) is 0 Å². The van der Waals surface area contributed by atoms with E-state index in [-0.39, 0.29) is 0 Å². The second kappa shape index (κ2) is 6.09. The molecule has 0 radical (unpaired) electrons. The van der Waals surface area contributed by atoms with Crippen molar-refractivity contribution < 1.29 is 0 Å². The fourth-order valence-corrected chi connectivity index (χ4v) is 2.44. The molecule has 3 aromatic carbocycles. The lowest BCUT2D eigenvalue weighted by Crippen LogP contribution is -1.86. The summed E-state index contributed by atoms with van der Waals surface area (Å²) in [6.07, 6.45) is 0. The number of hydrogen-bond donors (Lipinski definition) is 0. The summed E-state index contributed by atoms with van der Waals surface area (Å²) in [5, 5.41) is 0. The summed E-state index contributed by atoms with van der Waals surface area (Å²) in [4.78, 5) is 0. The van der Waals surface area contributed by atoms with Crippen molar-refractivity contribution in [3.63, 3.8) is 0 Å². The molecule has 0 saturated heterocycles. The van der Waals surface area contributed by atoms with Gasteiger partial charge >= 0.3 is 0 Å². The van der Waals surface area contributed by atoms with E-state index in [4.69, 9.17) is 0 Å². The summed E-state index contributed by atoms with van der Waals surface area (Å²) < 4.78 is 0. The molecule has 0 saturated carbocycles. The molecule has 3 rings (SSSR count). The van der Waals surface area contributed by atoms with Crippen LogP contribution in [-0.2, 0) is 0 Å². The van der Waals surface area contributed by atoms with Gasteiger partial charge in [-0.2, -0.15) is 0 Å². The van der Waals surface area contributed by atoms with E-state index in [2.05, 4.69) is 73.0 Å². The van der Waals surface area contributed by atoms with Crippen molar-refractivity contribution in [1.82, 2.24) is 0 Å². The third-order valence-corrected chi connectivity index (χ3v) is 3.52. The maximum atomic E-state index is 3.83. The minimum atomic E-state index is 1.04. The van der Waals surface area contributed by atoms with Crippen molar-refractivity contribution in [2.45, 2.75) is 0 Å². The number of benzene rings is 3. The van der Waals surface area contributed by atoms with E-state index in [1.165, 1.54) is 11.1 Å². The van der Waals surface area contributed by atoms with Crippen molar-refractivity contribution >= 4 is 5.57 Å². The zero-order valence-corrected chi connectivity index (χ0v) is 11.8. The summed E-state index contributed by atoms with van der Waals surface area (Å²) in [5.74, 6) is 0. The summed E-state index contributed by atoms with van der Waals surface area (Å²) in [5.41, 5.74) is 8.82. The van der Waals surface area contributed by atoms with Gasteiger partial charge in [-0.05, 0) is 22.3 Å². The molecule has 100 valence electrons. The Morgan fingerprint density at radius 3 is 1.62 bits per heavy atom. The third kappa shape index (κ3) is 2.86. The van der Waals surface area contributed by atoms with Crippen LogP contribution in [0, 0.1) is 0 Å². The van der Waals surface area contributed by atoms with Gasteiger partial charge < -0.3 is 0 Å². The Labute approximate surface area is 125 Å². The highest BCUT2D eigenvalue weighted by Gasteiger charge is 2.04. The van der Waals surface area contributed by atoms with Gasteiger partial charge in [-0.1, -0.05) is 91.5 Å². The molecule has 0 amide bonds. The molecule has 0 bridgehead atoms. The average Bonchev–Trinajstić information content (AvgIpc) is 2.58. The number of hydrogen-bond acceptors (Lipinski definition) is 0. The maximum absolute atomic E-state index is 3.83. The summed E-state index contributed by atoms with van der Waals surface area (Å²) in [6, 6.07) is 29.2. The van der Waals surface area contributed by atoms with Crippen LogP contribution < -0.4 is 0 Å². The molecule has 0 atom stereocenters. The Kier molecular flexibility index (Phi) is 3.82. The van der Waals surface area contributed by atoms with Crippen molar-refractivity contribution in [1.29, 1.82) is 0 Å². The molecule has 0 spiro atoms. The van der Waals surface area contributed by atoms with E-state index in [1.54, 1.807) is 0 Å². The lowest BCUT2D eigenvalue weighted by molar-refractivity contribution is 1.54. The Morgan fingerprint density at radius 1 is 0.571 bits per heavy atom. The van der Waals surface area contributed by atoms with Crippen LogP contribution in [0.1, 0.15) is 11.1 Å². The Hall–Kier alpha value is -2.82.